The smallest absolute Gasteiger partial charge is 0.240 e. The van der Waals surface area contributed by atoms with Crippen LogP contribution in [0.1, 0.15) is 34.2 Å². The highest BCUT2D eigenvalue weighted by atomic mass is 16.5. The predicted octanol–water partition coefficient (Wildman–Crippen LogP) is 6.20. The van der Waals surface area contributed by atoms with Crippen molar-refractivity contribution in [1.29, 1.82) is 0 Å². The Morgan fingerprint density at radius 2 is 1.12 bits per heavy atom. The van der Waals surface area contributed by atoms with Crippen LogP contribution >= 0.6 is 0 Å². The summed E-state index contributed by atoms with van der Waals surface area (Å²) in [5.74, 6) is -0.183. The Kier molecular flexibility index (Phi) is 9.10. The van der Waals surface area contributed by atoms with Gasteiger partial charge in [-0.05, 0) is 39.9 Å². The predicted molar refractivity (Wildman–Crippen MR) is 166 cm³/mol. The lowest BCUT2D eigenvalue weighted by Gasteiger charge is -2.36. The first-order valence-electron chi connectivity index (χ1n) is 14.1. The fourth-order valence-corrected chi connectivity index (χ4v) is 5.42. The first-order valence-corrected chi connectivity index (χ1v) is 14.1. The first-order chi connectivity index (χ1) is 20.5. The Hall–Kier alpha value is -5.16. The summed E-state index contributed by atoms with van der Waals surface area (Å²) in [6, 6.07) is 46.6. The summed E-state index contributed by atoms with van der Waals surface area (Å²) in [4.78, 5) is 26.5. The normalized spacial score (nSPS) is 11.8. The van der Waals surface area contributed by atoms with Crippen molar-refractivity contribution in [3.8, 4) is 5.75 Å². The number of carbonyl (C=O) groups excluding carboxylic acids is 2. The van der Waals surface area contributed by atoms with Gasteiger partial charge in [-0.25, -0.2) is 0 Å². The molecule has 5 nitrogen and oxygen atoms in total. The number of nitrogens with two attached hydrogens (primary N) is 1. The van der Waals surface area contributed by atoms with Gasteiger partial charge in [0.1, 0.15) is 18.4 Å². The second kappa shape index (κ2) is 13.5. The van der Waals surface area contributed by atoms with Crippen molar-refractivity contribution >= 4 is 11.8 Å². The summed E-state index contributed by atoms with van der Waals surface area (Å²) >= 11 is 0. The molecule has 5 rings (SSSR count). The van der Waals surface area contributed by atoms with E-state index in [1.165, 1.54) is 0 Å². The number of carbonyl (C=O) groups is 2. The average molecular weight is 555 g/mol. The quantitative estimate of drug-likeness (QED) is 0.180. The fraction of sp³-hybridized carbons (Fsp3) is 0.135. The van der Waals surface area contributed by atoms with E-state index in [0.29, 0.717) is 12.4 Å². The van der Waals surface area contributed by atoms with Crippen molar-refractivity contribution in [3.05, 3.63) is 173 Å². The molecule has 1 atom stereocenters. The number of ether oxygens (including phenoxy) is 1. The lowest BCUT2D eigenvalue weighted by molar-refractivity contribution is -0.127. The van der Waals surface area contributed by atoms with E-state index in [1.54, 1.807) is 0 Å². The van der Waals surface area contributed by atoms with Gasteiger partial charge in [0.15, 0.2) is 0 Å². The van der Waals surface area contributed by atoms with Crippen molar-refractivity contribution in [2.75, 3.05) is 0 Å². The highest BCUT2D eigenvalue weighted by molar-refractivity contribution is 5.88. The Morgan fingerprint density at radius 1 is 0.643 bits per heavy atom. The number of amides is 2. The van der Waals surface area contributed by atoms with Gasteiger partial charge in [-0.1, -0.05) is 133 Å². The van der Waals surface area contributed by atoms with Gasteiger partial charge < -0.3 is 15.8 Å². The lowest BCUT2D eigenvalue weighted by atomic mass is 9.67. The summed E-state index contributed by atoms with van der Waals surface area (Å²) in [5, 5.41) is 2.95. The topological polar surface area (TPSA) is 81.4 Å². The highest BCUT2D eigenvalue weighted by Crippen LogP contribution is 2.42. The van der Waals surface area contributed by atoms with Gasteiger partial charge in [-0.15, -0.1) is 0 Å². The Bertz CT molecular complexity index is 1490. The molecule has 0 aromatic heterocycles. The number of hydrogen-bond acceptors (Lipinski definition) is 3. The van der Waals surface area contributed by atoms with Crippen LogP contribution in [0.4, 0.5) is 0 Å². The summed E-state index contributed by atoms with van der Waals surface area (Å²) < 4.78 is 5.97. The van der Waals surface area contributed by atoms with Gasteiger partial charge in [0.25, 0.3) is 0 Å². The number of rotatable bonds is 12. The minimum Gasteiger partial charge on any atom is -0.489 e. The Morgan fingerprint density at radius 3 is 1.62 bits per heavy atom. The maximum Gasteiger partial charge on any atom is 0.240 e. The molecule has 0 saturated carbocycles. The minimum atomic E-state index is -0.887. The summed E-state index contributed by atoms with van der Waals surface area (Å²) in [6.07, 6.45) is 0.341. The molecule has 0 aliphatic carbocycles. The van der Waals surface area contributed by atoms with Crippen LogP contribution in [0.3, 0.4) is 0 Å². The molecule has 0 heterocycles. The molecule has 0 fully saturated rings. The average Bonchev–Trinajstić information content (AvgIpc) is 3.04. The third kappa shape index (κ3) is 6.76. The van der Waals surface area contributed by atoms with E-state index in [0.717, 1.165) is 27.8 Å². The van der Waals surface area contributed by atoms with Crippen molar-refractivity contribution in [1.82, 2.24) is 5.32 Å². The Balaban J connectivity index is 1.39. The van der Waals surface area contributed by atoms with E-state index >= 15 is 0 Å². The molecular weight excluding hydrogens is 520 g/mol. The monoisotopic (exact) mass is 554 g/mol. The standard InChI is InChI=1S/C37H34N2O3/c38-36(41)34(25-29-16-13-23-33(24-29)42-27-28-14-5-1-6-15-28)39-35(40)26-37(30-17-7-2-8-18-30,31-19-9-3-10-20-31)32-21-11-4-12-22-32/h1-24,34H,25-27H2,(H2,38,41)(H,39,40)/t34-/m1/s1. The van der Waals surface area contributed by atoms with Crippen molar-refractivity contribution < 1.29 is 14.3 Å². The maximum atomic E-state index is 13.9. The molecule has 2 amide bonds. The third-order valence-corrected chi connectivity index (χ3v) is 7.49. The van der Waals surface area contributed by atoms with Crippen LogP contribution in [0, 0.1) is 0 Å². The zero-order valence-corrected chi connectivity index (χ0v) is 23.4. The van der Waals surface area contributed by atoms with E-state index < -0.39 is 17.4 Å². The van der Waals surface area contributed by atoms with Crippen LogP contribution < -0.4 is 15.8 Å². The molecule has 42 heavy (non-hydrogen) atoms. The van der Waals surface area contributed by atoms with Crippen molar-refractivity contribution in [3.63, 3.8) is 0 Å². The van der Waals surface area contributed by atoms with E-state index in [1.807, 2.05) is 146 Å². The second-order valence-corrected chi connectivity index (χ2v) is 10.3. The van der Waals surface area contributed by atoms with Crippen molar-refractivity contribution in [2.45, 2.75) is 30.9 Å². The zero-order chi connectivity index (χ0) is 29.2. The van der Waals surface area contributed by atoms with E-state index in [2.05, 4.69) is 5.32 Å². The molecule has 5 aromatic carbocycles. The molecular formula is C37H34N2O3. The summed E-state index contributed by atoms with van der Waals surface area (Å²) in [7, 11) is 0. The molecule has 0 radical (unpaired) electrons. The molecule has 0 aliphatic heterocycles. The molecule has 0 aliphatic rings. The molecule has 0 spiro atoms. The van der Waals surface area contributed by atoms with Gasteiger partial charge in [0, 0.05) is 12.8 Å². The van der Waals surface area contributed by atoms with E-state index in [4.69, 9.17) is 10.5 Å². The SMILES string of the molecule is NC(=O)[C@@H](Cc1cccc(OCc2ccccc2)c1)NC(=O)CC(c1ccccc1)(c1ccccc1)c1ccccc1. The van der Waals surface area contributed by atoms with Gasteiger partial charge in [-0.2, -0.15) is 0 Å². The van der Waals surface area contributed by atoms with Gasteiger partial charge >= 0.3 is 0 Å². The molecule has 0 saturated heterocycles. The molecule has 0 bridgehead atoms. The molecule has 0 unspecified atom stereocenters. The van der Waals surface area contributed by atoms with Crippen LogP contribution in [-0.4, -0.2) is 17.9 Å². The van der Waals surface area contributed by atoms with Gasteiger partial charge in [0.05, 0.1) is 5.41 Å². The third-order valence-electron chi connectivity index (χ3n) is 7.49. The van der Waals surface area contributed by atoms with Crippen LogP contribution in [0.25, 0.3) is 0 Å². The second-order valence-electron chi connectivity index (χ2n) is 10.3. The van der Waals surface area contributed by atoms with Gasteiger partial charge in [0.2, 0.25) is 11.8 Å². The minimum absolute atomic E-state index is 0.0923. The molecule has 210 valence electrons. The van der Waals surface area contributed by atoms with Crippen LogP contribution in [0.2, 0.25) is 0 Å². The fourth-order valence-electron chi connectivity index (χ4n) is 5.42. The zero-order valence-electron chi connectivity index (χ0n) is 23.4. The number of hydrogen-bond donors (Lipinski definition) is 2. The van der Waals surface area contributed by atoms with Gasteiger partial charge in [-0.3, -0.25) is 9.59 Å². The molecule has 5 heteroatoms. The van der Waals surface area contributed by atoms with E-state index in [9.17, 15) is 9.59 Å². The highest BCUT2D eigenvalue weighted by Gasteiger charge is 2.39. The summed E-state index contributed by atoms with van der Waals surface area (Å²) in [6.45, 7) is 0.431. The summed E-state index contributed by atoms with van der Waals surface area (Å²) in [5.41, 5.74) is 9.89. The van der Waals surface area contributed by atoms with Crippen LogP contribution in [-0.2, 0) is 28.0 Å². The first kappa shape index (κ1) is 28.4. The molecule has 3 N–H and O–H groups in total. The number of benzene rings is 5. The van der Waals surface area contributed by atoms with Crippen LogP contribution in [0.15, 0.2) is 146 Å². The number of nitrogens with one attached hydrogen (secondary N) is 1. The number of primary amides is 1. The Labute approximate surface area is 247 Å². The van der Waals surface area contributed by atoms with E-state index in [-0.39, 0.29) is 18.7 Å². The maximum absolute atomic E-state index is 13.9. The molecule has 5 aromatic rings. The lowest BCUT2D eigenvalue weighted by Crippen LogP contribution is -2.48. The van der Waals surface area contributed by atoms with Crippen LogP contribution in [0.5, 0.6) is 5.75 Å². The largest absolute Gasteiger partial charge is 0.489 e. The van der Waals surface area contributed by atoms with Crippen molar-refractivity contribution in [2.24, 2.45) is 5.73 Å².